The number of nitrogens with one attached hydrogen (secondary N) is 2. The highest BCUT2D eigenvalue weighted by atomic mass is 19.1. The second-order valence-corrected chi connectivity index (χ2v) is 5.15. The van der Waals surface area contributed by atoms with Crippen LogP contribution in [-0.2, 0) is 0 Å². The van der Waals surface area contributed by atoms with Crippen LogP contribution >= 0.6 is 0 Å². The van der Waals surface area contributed by atoms with Crippen molar-refractivity contribution in [1.29, 1.82) is 0 Å². The van der Waals surface area contributed by atoms with Crippen LogP contribution in [0.4, 0.5) is 10.1 Å². The molecule has 3 rings (SSSR count). The van der Waals surface area contributed by atoms with Crippen molar-refractivity contribution in [3.8, 4) is 0 Å². The monoisotopic (exact) mass is 282 g/mol. The van der Waals surface area contributed by atoms with Crippen LogP contribution < -0.4 is 5.32 Å². The van der Waals surface area contributed by atoms with Gasteiger partial charge in [-0.1, -0.05) is 6.07 Å². The van der Waals surface area contributed by atoms with Gasteiger partial charge < -0.3 is 10.3 Å². The van der Waals surface area contributed by atoms with Crippen molar-refractivity contribution in [1.82, 2.24) is 4.98 Å². The zero-order valence-corrected chi connectivity index (χ0v) is 11.8. The second kappa shape index (κ2) is 5.05. The Morgan fingerprint density at radius 1 is 1.10 bits per heavy atom. The Morgan fingerprint density at radius 3 is 2.71 bits per heavy atom. The first-order valence-electron chi connectivity index (χ1n) is 6.70. The highest BCUT2D eigenvalue weighted by molar-refractivity contribution is 6.06. The van der Waals surface area contributed by atoms with E-state index >= 15 is 0 Å². The number of aryl methyl sites for hydroxylation is 2. The molecule has 0 saturated heterocycles. The summed E-state index contributed by atoms with van der Waals surface area (Å²) in [6.07, 6.45) is 1.85. The largest absolute Gasteiger partial charge is 0.361 e. The molecule has 1 aromatic heterocycles. The third kappa shape index (κ3) is 2.52. The first kappa shape index (κ1) is 13.4. The molecule has 0 aliphatic carbocycles. The lowest BCUT2D eigenvalue weighted by atomic mass is 10.1. The van der Waals surface area contributed by atoms with Crippen molar-refractivity contribution < 1.29 is 9.18 Å². The van der Waals surface area contributed by atoms with E-state index in [4.69, 9.17) is 0 Å². The van der Waals surface area contributed by atoms with Gasteiger partial charge in [0.1, 0.15) is 5.82 Å². The maximum Gasteiger partial charge on any atom is 0.256 e. The molecule has 106 valence electrons. The summed E-state index contributed by atoms with van der Waals surface area (Å²) < 4.78 is 13.3. The lowest BCUT2D eigenvalue weighted by Gasteiger charge is -2.10. The number of rotatable bonds is 2. The molecule has 0 bridgehead atoms. The molecule has 3 nitrogen and oxygen atoms in total. The van der Waals surface area contributed by atoms with Gasteiger partial charge >= 0.3 is 0 Å². The smallest absolute Gasteiger partial charge is 0.256 e. The molecule has 0 saturated carbocycles. The molecule has 0 unspecified atom stereocenters. The minimum atomic E-state index is -0.415. The van der Waals surface area contributed by atoms with Crippen molar-refractivity contribution in [2.45, 2.75) is 13.8 Å². The van der Waals surface area contributed by atoms with E-state index in [9.17, 15) is 9.18 Å². The van der Waals surface area contributed by atoms with Crippen LogP contribution in [0.2, 0.25) is 0 Å². The summed E-state index contributed by atoms with van der Waals surface area (Å²) in [5.41, 5.74) is 3.73. The van der Waals surface area contributed by atoms with Crippen LogP contribution in [0, 0.1) is 19.7 Å². The fourth-order valence-corrected chi connectivity index (χ4v) is 2.38. The molecule has 0 fully saturated rings. The molecular formula is C17H15FN2O. The van der Waals surface area contributed by atoms with Gasteiger partial charge in [-0.25, -0.2) is 4.39 Å². The maximum absolute atomic E-state index is 13.3. The molecule has 3 aromatic rings. The summed E-state index contributed by atoms with van der Waals surface area (Å²) in [6, 6.07) is 10.1. The molecule has 2 aromatic carbocycles. The Morgan fingerprint density at radius 2 is 1.90 bits per heavy atom. The van der Waals surface area contributed by atoms with Crippen molar-refractivity contribution in [3.05, 3.63) is 65.1 Å². The zero-order chi connectivity index (χ0) is 15.0. The Labute approximate surface area is 121 Å². The summed E-state index contributed by atoms with van der Waals surface area (Å²) in [5, 5.41) is 3.94. The van der Waals surface area contributed by atoms with Gasteiger partial charge in [-0.2, -0.15) is 0 Å². The van der Waals surface area contributed by atoms with Crippen molar-refractivity contribution in [3.63, 3.8) is 0 Å². The molecule has 0 aliphatic rings. The van der Waals surface area contributed by atoms with Crippen LogP contribution in [0.3, 0.4) is 0 Å². The van der Waals surface area contributed by atoms with Crippen LogP contribution in [0.1, 0.15) is 21.5 Å². The van der Waals surface area contributed by atoms with Crippen LogP contribution in [0.15, 0.2) is 42.6 Å². The fourth-order valence-electron chi connectivity index (χ4n) is 2.38. The molecular weight excluding hydrogens is 267 g/mol. The Bertz CT molecular complexity index is 836. The number of carbonyl (C=O) groups is 1. The van der Waals surface area contributed by atoms with Gasteiger partial charge in [0.2, 0.25) is 0 Å². The van der Waals surface area contributed by atoms with Gasteiger partial charge in [0.05, 0.1) is 0 Å². The van der Waals surface area contributed by atoms with Crippen molar-refractivity contribution >= 4 is 22.5 Å². The van der Waals surface area contributed by atoms with Crippen molar-refractivity contribution in [2.75, 3.05) is 5.32 Å². The van der Waals surface area contributed by atoms with E-state index in [1.54, 1.807) is 13.0 Å². The lowest BCUT2D eigenvalue weighted by molar-refractivity contribution is 0.102. The van der Waals surface area contributed by atoms with E-state index in [0.717, 1.165) is 27.7 Å². The summed E-state index contributed by atoms with van der Waals surface area (Å²) >= 11 is 0. The van der Waals surface area contributed by atoms with E-state index in [-0.39, 0.29) is 5.91 Å². The number of hydrogen-bond donors (Lipinski definition) is 2. The SMILES string of the molecule is Cc1cc2cc[nH]c2cc1NC(=O)c1cc(F)ccc1C. The van der Waals surface area contributed by atoms with Gasteiger partial charge in [0.15, 0.2) is 0 Å². The number of anilines is 1. The number of aromatic amines is 1. The number of aromatic nitrogens is 1. The van der Waals surface area contributed by atoms with Crippen LogP contribution in [-0.4, -0.2) is 10.9 Å². The Hall–Kier alpha value is -2.62. The van der Waals surface area contributed by atoms with Crippen LogP contribution in [0.5, 0.6) is 0 Å². The normalized spacial score (nSPS) is 10.8. The molecule has 1 heterocycles. The van der Waals surface area contributed by atoms with E-state index in [1.807, 2.05) is 31.3 Å². The quantitative estimate of drug-likeness (QED) is 0.727. The number of H-pyrrole nitrogens is 1. The molecule has 0 aliphatic heterocycles. The molecule has 1 amide bonds. The first-order chi connectivity index (χ1) is 10.0. The highest BCUT2D eigenvalue weighted by Gasteiger charge is 2.12. The second-order valence-electron chi connectivity index (χ2n) is 5.15. The van der Waals surface area contributed by atoms with Crippen molar-refractivity contribution in [2.24, 2.45) is 0 Å². The summed E-state index contributed by atoms with van der Waals surface area (Å²) in [4.78, 5) is 15.4. The van der Waals surface area contributed by atoms with E-state index in [0.29, 0.717) is 5.56 Å². The molecule has 21 heavy (non-hydrogen) atoms. The number of hydrogen-bond acceptors (Lipinski definition) is 1. The van der Waals surface area contributed by atoms with E-state index in [1.165, 1.54) is 12.1 Å². The Balaban J connectivity index is 1.95. The van der Waals surface area contributed by atoms with Gasteiger partial charge in [-0.3, -0.25) is 4.79 Å². The van der Waals surface area contributed by atoms with Crippen LogP contribution in [0.25, 0.3) is 10.9 Å². The predicted octanol–water partition coefficient (Wildman–Crippen LogP) is 4.18. The number of fused-ring (bicyclic) bond motifs is 1. The molecule has 2 N–H and O–H groups in total. The molecule has 0 radical (unpaired) electrons. The number of carbonyl (C=O) groups excluding carboxylic acids is 1. The van der Waals surface area contributed by atoms with Gasteiger partial charge in [0.25, 0.3) is 5.91 Å². The third-order valence-electron chi connectivity index (χ3n) is 3.59. The highest BCUT2D eigenvalue weighted by Crippen LogP contribution is 2.23. The standard InChI is InChI=1S/C17H15FN2O/c1-10-3-4-13(18)8-14(10)17(21)20-15-9-16-12(5-6-19-16)7-11(15)2/h3-9,19H,1-2H3,(H,20,21). The molecule has 0 atom stereocenters. The fraction of sp³-hybridized carbons (Fsp3) is 0.118. The summed E-state index contributed by atoms with van der Waals surface area (Å²) in [5.74, 6) is -0.719. The lowest BCUT2D eigenvalue weighted by Crippen LogP contribution is -2.14. The minimum absolute atomic E-state index is 0.305. The number of benzene rings is 2. The number of halogens is 1. The van der Waals surface area contributed by atoms with E-state index < -0.39 is 5.82 Å². The van der Waals surface area contributed by atoms with E-state index in [2.05, 4.69) is 10.3 Å². The average Bonchev–Trinajstić information content (AvgIpc) is 2.88. The third-order valence-corrected chi connectivity index (χ3v) is 3.59. The van der Waals surface area contributed by atoms with Gasteiger partial charge in [0, 0.05) is 23.0 Å². The average molecular weight is 282 g/mol. The minimum Gasteiger partial charge on any atom is -0.361 e. The predicted molar refractivity (Wildman–Crippen MR) is 82.1 cm³/mol. The Kier molecular flexibility index (Phi) is 3.22. The molecule has 4 heteroatoms. The zero-order valence-electron chi connectivity index (χ0n) is 11.8. The van der Waals surface area contributed by atoms with Gasteiger partial charge in [-0.05, 0) is 60.7 Å². The number of amides is 1. The molecule has 0 spiro atoms. The summed E-state index contributed by atoms with van der Waals surface area (Å²) in [7, 11) is 0. The first-order valence-corrected chi connectivity index (χ1v) is 6.70. The summed E-state index contributed by atoms with van der Waals surface area (Å²) in [6.45, 7) is 3.72. The maximum atomic E-state index is 13.3. The van der Waals surface area contributed by atoms with Gasteiger partial charge in [-0.15, -0.1) is 0 Å². The topological polar surface area (TPSA) is 44.9 Å².